The fourth-order valence-electron chi connectivity index (χ4n) is 4.03. The van der Waals surface area contributed by atoms with Crippen LogP contribution in [0.5, 0.6) is 0 Å². The summed E-state index contributed by atoms with van der Waals surface area (Å²) in [5.74, 6) is 2.58. The molecule has 0 radical (unpaired) electrons. The lowest BCUT2D eigenvalue weighted by molar-refractivity contribution is 0.0646. The summed E-state index contributed by atoms with van der Waals surface area (Å²) in [6.45, 7) is 11.5. The molecule has 8 nitrogen and oxygen atoms in total. The topological polar surface area (TPSA) is 79.6 Å². The molecule has 0 amide bonds. The number of rotatable bonds is 11. The summed E-state index contributed by atoms with van der Waals surface area (Å²) in [6, 6.07) is 10.9. The van der Waals surface area contributed by atoms with Crippen LogP contribution >= 0.6 is 24.0 Å². The molecule has 1 fully saturated rings. The summed E-state index contributed by atoms with van der Waals surface area (Å²) in [6.07, 6.45) is 3.52. The van der Waals surface area contributed by atoms with E-state index in [2.05, 4.69) is 51.7 Å². The molecular formula is C24H40IN7O. The zero-order valence-corrected chi connectivity index (χ0v) is 22.8. The molecule has 2 unspecified atom stereocenters. The van der Waals surface area contributed by atoms with Crippen molar-refractivity contribution in [1.29, 1.82) is 0 Å². The Morgan fingerprint density at radius 3 is 2.73 bits per heavy atom. The molecule has 9 heteroatoms. The van der Waals surface area contributed by atoms with Gasteiger partial charge in [0.05, 0.1) is 6.10 Å². The van der Waals surface area contributed by atoms with Crippen LogP contribution in [0.3, 0.4) is 0 Å². The van der Waals surface area contributed by atoms with Crippen molar-refractivity contribution in [3.8, 4) is 0 Å². The van der Waals surface area contributed by atoms with Crippen molar-refractivity contribution in [2.45, 2.75) is 58.7 Å². The molecule has 1 aliphatic rings. The lowest BCUT2D eigenvalue weighted by atomic mass is 10.1. The molecule has 1 saturated heterocycles. The maximum atomic E-state index is 6.00. The van der Waals surface area contributed by atoms with Gasteiger partial charge in [0.2, 0.25) is 0 Å². The second-order valence-corrected chi connectivity index (χ2v) is 8.40. The molecule has 1 aliphatic heterocycles. The van der Waals surface area contributed by atoms with Crippen molar-refractivity contribution in [3.63, 3.8) is 0 Å². The number of aryl methyl sites for hydroxylation is 1. The largest absolute Gasteiger partial charge is 0.374 e. The maximum absolute atomic E-state index is 6.00. The van der Waals surface area contributed by atoms with Crippen LogP contribution < -0.4 is 10.6 Å². The molecule has 1 aromatic heterocycles. The first kappa shape index (κ1) is 27.5. The zero-order chi connectivity index (χ0) is 22.8. The Labute approximate surface area is 215 Å². The highest BCUT2D eigenvalue weighted by atomic mass is 127. The third-order valence-corrected chi connectivity index (χ3v) is 6.22. The predicted molar refractivity (Wildman–Crippen MR) is 144 cm³/mol. The van der Waals surface area contributed by atoms with Gasteiger partial charge in [-0.05, 0) is 51.8 Å². The zero-order valence-electron chi connectivity index (χ0n) is 20.5. The van der Waals surface area contributed by atoms with E-state index in [4.69, 9.17) is 9.73 Å². The van der Waals surface area contributed by atoms with Gasteiger partial charge >= 0.3 is 0 Å². The number of ether oxygens (including phenoxy) is 1. The monoisotopic (exact) mass is 569 g/mol. The number of aromatic nitrogens is 3. The molecule has 184 valence electrons. The fourth-order valence-corrected chi connectivity index (χ4v) is 4.03. The summed E-state index contributed by atoms with van der Waals surface area (Å²) in [7, 11) is 1.98. The van der Waals surface area contributed by atoms with Crippen molar-refractivity contribution in [3.05, 3.63) is 47.5 Å². The maximum Gasteiger partial charge on any atom is 0.191 e. The number of nitrogens with zero attached hydrogens (tertiary/aromatic N) is 5. The minimum Gasteiger partial charge on any atom is -0.374 e. The van der Waals surface area contributed by atoms with Crippen molar-refractivity contribution >= 4 is 29.9 Å². The van der Waals surface area contributed by atoms with Crippen LogP contribution in [-0.4, -0.2) is 64.5 Å². The van der Waals surface area contributed by atoms with Crippen molar-refractivity contribution in [1.82, 2.24) is 30.3 Å². The highest BCUT2D eigenvalue weighted by molar-refractivity contribution is 14.0. The van der Waals surface area contributed by atoms with Gasteiger partial charge in [0.15, 0.2) is 11.8 Å². The lowest BCUT2D eigenvalue weighted by Crippen LogP contribution is -2.45. The molecule has 33 heavy (non-hydrogen) atoms. The van der Waals surface area contributed by atoms with E-state index in [1.807, 2.05) is 36.7 Å². The van der Waals surface area contributed by atoms with Crippen molar-refractivity contribution < 1.29 is 4.74 Å². The highest BCUT2D eigenvalue weighted by Gasteiger charge is 2.22. The Morgan fingerprint density at radius 1 is 1.24 bits per heavy atom. The molecule has 2 aromatic rings. The predicted octanol–water partition coefficient (Wildman–Crippen LogP) is 3.43. The van der Waals surface area contributed by atoms with Gasteiger partial charge in [0.1, 0.15) is 12.4 Å². The Kier molecular flexibility index (Phi) is 12.1. The molecule has 1 aromatic carbocycles. The molecule has 3 rings (SSSR count). The number of guanidine groups is 1. The molecule has 0 saturated carbocycles. The highest BCUT2D eigenvalue weighted by Crippen LogP contribution is 2.16. The van der Waals surface area contributed by atoms with Gasteiger partial charge < -0.3 is 19.9 Å². The van der Waals surface area contributed by atoms with Gasteiger partial charge in [-0.2, -0.15) is 0 Å². The minimum absolute atomic E-state index is 0. The molecule has 2 heterocycles. The molecular weight excluding hydrogens is 529 g/mol. The number of halogens is 1. The Balaban J connectivity index is 0.00000385. The average Bonchev–Trinajstić information content (AvgIpc) is 3.41. The number of nitrogens with one attached hydrogen (secondary N) is 2. The van der Waals surface area contributed by atoms with E-state index < -0.39 is 0 Å². The van der Waals surface area contributed by atoms with E-state index in [0.29, 0.717) is 19.2 Å². The van der Waals surface area contributed by atoms with Gasteiger partial charge in [-0.15, -0.1) is 34.2 Å². The quantitative estimate of drug-likeness (QED) is 0.187. The van der Waals surface area contributed by atoms with Gasteiger partial charge in [-0.3, -0.25) is 4.90 Å². The molecule has 2 N–H and O–H groups in total. The summed E-state index contributed by atoms with van der Waals surface area (Å²) in [4.78, 5) is 7.31. The normalized spacial score (nSPS) is 17.6. The Morgan fingerprint density at radius 2 is 2.03 bits per heavy atom. The van der Waals surface area contributed by atoms with Gasteiger partial charge in [-0.25, -0.2) is 4.99 Å². The van der Waals surface area contributed by atoms with E-state index in [1.54, 1.807) is 0 Å². The van der Waals surface area contributed by atoms with Crippen LogP contribution in [-0.2, 0) is 18.3 Å². The van der Waals surface area contributed by atoms with Crippen molar-refractivity contribution in [2.75, 3.05) is 32.8 Å². The number of hydrogen-bond donors (Lipinski definition) is 2. The number of likely N-dealkylation sites (tertiary alicyclic amines) is 1. The summed E-state index contributed by atoms with van der Waals surface area (Å²) >= 11 is 0. The van der Waals surface area contributed by atoms with Gasteiger partial charge in [-0.1, -0.05) is 37.3 Å². The van der Waals surface area contributed by atoms with Crippen LogP contribution in [0.1, 0.15) is 56.4 Å². The lowest BCUT2D eigenvalue weighted by Gasteiger charge is -2.24. The van der Waals surface area contributed by atoms with Gasteiger partial charge in [0.25, 0.3) is 0 Å². The van der Waals surface area contributed by atoms with Gasteiger partial charge in [0, 0.05) is 32.8 Å². The first-order chi connectivity index (χ1) is 15.6. The summed E-state index contributed by atoms with van der Waals surface area (Å²) < 4.78 is 7.98. The number of aliphatic imine (C=N–C) groups is 1. The number of benzene rings is 1. The van der Waals surface area contributed by atoms with Crippen LogP contribution in [0.2, 0.25) is 0 Å². The fraction of sp³-hybridized carbons (Fsp3) is 0.625. The third-order valence-electron chi connectivity index (χ3n) is 6.22. The summed E-state index contributed by atoms with van der Waals surface area (Å²) in [5.41, 5.74) is 1.21. The molecule has 0 aliphatic carbocycles. The number of hydrogen-bond acceptors (Lipinski definition) is 5. The third kappa shape index (κ3) is 8.53. The first-order valence-corrected chi connectivity index (χ1v) is 11.9. The SMILES string of the molecule is CCN1CCCC1CNC(=NCc1nnc(C)n1C)NCCCOC(C)c1ccccc1.I. The van der Waals surface area contributed by atoms with E-state index in [0.717, 1.165) is 43.7 Å². The Bertz CT molecular complexity index is 843. The molecule has 0 bridgehead atoms. The minimum atomic E-state index is 0. The van der Waals surface area contributed by atoms with E-state index >= 15 is 0 Å². The average molecular weight is 570 g/mol. The number of likely N-dealkylation sites (N-methyl/N-ethyl adjacent to an activating group) is 1. The second-order valence-electron chi connectivity index (χ2n) is 8.40. The van der Waals surface area contributed by atoms with Crippen LogP contribution in [0, 0.1) is 6.92 Å². The van der Waals surface area contributed by atoms with Crippen LogP contribution in [0.4, 0.5) is 0 Å². The standard InChI is InChI=1S/C24H39N7O.HI/c1-5-31-15-9-13-22(31)17-26-24(27-18-23-29-28-20(3)30(23)4)25-14-10-16-32-19(2)21-11-7-6-8-12-21;/h6-8,11-12,19,22H,5,9-10,13-18H2,1-4H3,(H2,25,26,27);1H. The summed E-state index contributed by atoms with van der Waals surface area (Å²) in [5, 5.41) is 15.4. The molecule has 2 atom stereocenters. The molecule has 0 spiro atoms. The van der Waals surface area contributed by atoms with E-state index in [9.17, 15) is 0 Å². The smallest absolute Gasteiger partial charge is 0.191 e. The van der Waals surface area contributed by atoms with E-state index in [1.165, 1.54) is 24.9 Å². The second kappa shape index (κ2) is 14.5. The van der Waals surface area contributed by atoms with Crippen LogP contribution in [0.25, 0.3) is 0 Å². The van der Waals surface area contributed by atoms with Crippen molar-refractivity contribution in [2.24, 2.45) is 12.0 Å². The first-order valence-electron chi connectivity index (χ1n) is 11.9. The Hall–Kier alpha value is -1.72. The van der Waals surface area contributed by atoms with E-state index in [-0.39, 0.29) is 30.1 Å². The van der Waals surface area contributed by atoms with Crippen LogP contribution in [0.15, 0.2) is 35.3 Å².